The lowest BCUT2D eigenvalue weighted by Gasteiger charge is -2.07. The van der Waals surface area contributed by atoms with Gasteiger partial charge in [-0.25, -0.2) is 0 Å². The Hall–Kier alpha value is -2.37. The first-order chi connectivity index (χ1) is 9.80. The Morgan fingerprint density at radius 2 is 1.65 bits per heavy atom. The van der Waals surface area contributed by atoms with Crippen LogP contribution in [0.3, 0.4) is 0 Å². The monoisotopic (exact) mass is 272 g/mol. The van der Waals surface area contributed by atoms with E-state index in [-0.39, 0.29) is 12.0 Å². The van der Waals surface area contributed by atoms with Gasteiger partial charge in [-0.2, -0.15) is 9.97 Å². The second kappa shape index (κ2) is 5.32. The third-order valence-corrected chi connectivity index (χ3v) is 3.29. The van der Waals surface area contributed by atoms with Crippen LogP contribution >= 0.6 is 0 Å². The second-order valence-electron chi connectivity index (χ2n) is 4.64. The molecule has 1 heterocycles. The van der Waals surface area contributed by atoms with Gasteiger partial charge in [-0.3, -0.25) is 0 Å². The van der Waals surface area contributed by atoms with E-state index in [9.17, 15) is 0 Å². The Morgan fingerprint density at radius 3 is 2.25 bits per heavy atom. The van der Waals surface area contributed by atoms with E-state index in [0.29, 0.717) is 17.9 Å². The van der Waals surface area contributed by atoms with Crippen molar-refractivity contribution in [3.05, 3.63) is 35.9 Å². The summed E-state index contributed by atoms with van der Waals surface area (Å²) >= 11 is 0. The zero-order valence-corrected chi connectivity index (χ0v) is 11.4. The van der Waals surface area contributed by atoms with Crippen LogP contribution in [0.4, 0.5) is 5.95 Å². The molecule has 2 aromatic rings. The summed E-state index contributed by atoms with van der Waals surface area (Å²) in [5.41, 5.74) is 1.33. The number of nitrogens with zero attached hydrogens (tertiary/aromatic N) is 3. The summed E-state index contributed by atoms with van der Waals surface area (Å²) in [4.78, 5) is 12.3. The number of methoxy groups -OCH3 is 2. The van der Waals surface area contributed by atoms with Gasteiger partial charge in [-0.05, 0) is 12.0 Å². The Balaban J connectivity index is 1.70. The first kappa shape index (κ1) is 12.7. The molecular formula is C14H16N4O2. The standard InChI is InChI=1S/C14H16N4O2/c1-19-13-16-12(17-14(18-13)20-2)15-11-8-10(11)9-6-4-3-5-7-9/h3-7,10-11H,8H2,1-2H3,(H,15,16,17,18). The van der Waals surface area contributed by atoms with Crippen LogP contribution in [0.5, 0.6) is 12.0 Å². The molecule has 104 valence electrons. The zero-order chi connectivity index (χ0) is 13.9. The van der Waals surface area contributed by atoms with Crippen molar-refractivity contribution in [2.45, 2.75) is 18.4 Å². The Labute approximate surface area is 117 Å². The lowest BCUT2D eigenvalue weighted by Crippen LogP contribution is -2.10. The zero-order valence-electron chi connectivity index (χ0n) is 11.4. The van der Waals surface area contributed by atoms with Gasteiger partial charge in [0.25, 0.3) is 0 Å². The molecule has 1 aliphatic rings. The summed E-state index contributed by atoms with van der Waals surface area (Å²) < 4.78 is 10.1. The summed E-state index contributed by atoms with van der Waals surface area (Å²) in [7, 11) is 3.03. The van der Waals surface area contributed by atoms with Crippen molar-refractivity contribution in [1.29, 1.82) is 0 Å². The predicted molar refractivity (Wildman–Crippen MR) is 74.1 cm³/mol. The van der Waals surface area contributed by atoms with Crippen LogP contribution in [0.15, 0.2) is 30.3 Å². The minimum atomic E-state index is 0.247. The summed E-state index contributed by atoms with van der Waals surface area (Å²) in [6.07, 6.45) is 1.07. The average molecular weight is 272 g/mol. The van der Waals surface area contributed by atoms with E-state index in [2.05, 4.69) is 44.5 Å². The molecule has 0 aliphatic heterocycles. The van der Waals surface area contributed by atoms with Crippen LogP contribution in [0.25, 0.3) is 0 Å². The maximum absolute atomic E-state index is 5.03. The van der Waals surface area contributed by atoms with Gasteiger partial charge in [0, 0.05) is 12.0 Å². The molecule has 0 amide bonds. The number of aromatic nitrogens is 3. The van der Waals surface area contributed by atoms with Gasteiger partial charge < -0.3 is 14.8 Å². The molecule has 0 saturated heterocycles. The van der Waals surface area contributed by atoms with Crippen molar-refractivity contribution >= 4 is 5.95 Å². The maximum atomic E-state index is 5.03. The van der Waals surface area contributed by atoms with Crippen molar-refractivity contribution in [2.24, 2.45) is 0 Å². The molecule has 6 heteroatoms. The Kier molecular flexibility index (Phi) is 3.37. The number of anilines is 1. The summed E-state index contributed by atoms with van der Waals surface area (Å²) in [6.45, 7) is 0. The number of nitrogens with one attached hydrogen (secondary N) is 1. The fourth-order valence-electron chi connectivity index (χ4n) is 2.17. The molecule has 0 bridgehead atoms. The summed E-state index contributed by atoms with van der Waals surface area (Å²) in [5, 5.41) is 3.29. The van der Waals surface area contributed by atoms with E-state index in [1.807, 2.05) is 6.07 Å². The minimum absolute atomic E-state index is 0.247. The lowest BCUT2D eigenvalue weighted by atomic mass is 10.1. The van der Waals surface area contributed by atoms with Crippen molar-refractivity contribution < 1.29 is 9.47 Å². The van der Waals surface area contributed by atoms with E-state index < -0.39 is 0 Å². The Morgan fingerprint density at radius 1 is 1.00 bits per heavy atom. The van der Waals surface area contributed by atoms with Gasteiger partial charge in [-0.1, -0.05) is 30.3 Å². The van der Waals surface area contributed by atoms with Crippen LogP contribution in [-0.2, 0) is 0 Å². The van der Waals surface area contributed by atoms with Crippen molar-refractivity contribution in [3.63, 3.8) is 0 Å². The van der Waals surface area contributed by atoms with Crippen LogP contribution in [0, 0.1) is 0 Å². The van der Waals surface area contributed by atoms with Crippen LogP contribution < -0.4 is 14.8 Å². The van der Waals surface area contributed by atoms with Crippen LogP contribution in [-0.4, -0.2) is 35.2 Å². The average Bonchev–Trinajstić information content (AvgIpc) is 3.27. The van der Waals surface area contributed by atoms with Gasteiger partial charge in [0.2, 0.25) is 5.95 Å². The number of ether oxygens (including phenoxy) is 2. The molecule has 1 aliphatic carbocycles. The molecule has 2 atom stereocenters. The summed E-state index contributed by atoms with van der Waals surface area (Å²) in [5.74, 6) is 0.988. The number of benzene rings is 1. The lowest BCUT2D eigenvalue weighted by molar-refractivity contribution is 0.341. The topological polar surface area (TPSA) is 69.2 Å². The molecular weight excluding hydrogens is 256 g/mol. The van der Waals surface area contributed by atoms with Gasteiger partial charge in [-0.15, -0.1) is 4.98 Å². The largest absolute Gasteiger partial charge is 0.467 e. The van der Waals surface area contributed by atoms with E-state index in [1.54, 1.807) is 0 Å². The minimum Gasteiger partial charge on any atom is -0.467 e. The maximum Gasteiger partial charge on any atom is 0.324 e. The molecule has 20 heavy (non-hydrogen) atoms. The van der Waals surface area contributed by atoms with Crippen molar-refractivity contribution in [2.75, 3.05) is 19.5 Å². The van der Waals surface area contributed by atoms with Gasteiger partial charge >= 0.3 is 12.0 Å². The normalized spacial score (nSPS) is 20.3. The van der Waals surface area contributed by atoms with Crippen LogP contribution in [0.1, 0.15) is 17.9 Å². The molecule has 2 unspecified atom stereocenters. The number of rotatable bonds is 5. The van der Waals surface area contributed by atoms with E-state index in [4.69, 9.17) is 9.47 Å². The third-order valence-electron chi connectivity index (χ3n) is 3.29. The highest BCUT2D eigenvalue weighted by molar-refractivity contribution is 5.38. The molecule has 1 fully saturated rings. The van der Waals surface area contributed by atoms with Crippen molar-refractivity contribution in [3.8, 4) is 12.0 Å². The molecule has 1 aromatic heterocycles. The van der Waals surface area contributed by atoms with Gasteiger partial charge in [0.15, 0.2) is 0 Å². The molecule has 0 radical (unpaired) electrons. The van der Waals surface area contributed by atoms with E-state index >= 15 is 0 Å². The molecule has 3 rings (SSSR count). The fourth-order valence-corrected chi connectivity index (χ4v) is 2.17. The van der Waals surface area contributed by atoms with E-state index in [1.165, 1.54) is 19.8 Å². The second-order valence-corrected chi connectivity index (χ2v) is 4.64. The van der Waals surface area contributed by atoms with E-state index in [0.717, 1.165) is 6.42 Å². The van der Waals surface area contributed by atoms with Gasteiger partial charge in [0.05, 0.1) is 14.2 Å². The molecule has 1 saturated carbocycles. The van der Waals surface area contributed by atoms with Gasteiger partial charge in [0.1, 0.15) is 0 Å². The quantitative estimate of drug-likeness (QED) is 0.896. The van der Waals surface area contributed by atoms with Crippen molar-refractivity contribution in [1.82, 2.24) is 15.0 Å². The number of hydrogen-bond donors (Lipinski definition) is 1. The SMILES string of the molecule is COc1nc(NC2CC2c2ccccc2)nc(OC)n1. The smallest absolute Gasteiger partial charge is 0.324 e. The Bertz CT molecular complexity index is 569. The summed E-state index contributed by atoms with van der Waals surface area (Å²) in [6, 6.07) is 11.2. The number of hydrogen-bond acceptors (Lipinski definition) is 6. The molecule has 6 nitrogen and oxygen atoms in total. The predicted octanol–water partition coefficient (Wildman–Crippen LogP) is 1.86. The highest BCUT2D eigenvalue weighted by atomic mass is 16.5. The first-order valence-electron chi connectivity index (χ1n) is 6.45. The fraction of sp³-hybridized carbons (Fsp3) is 0.357. The molecule has 1 aromatic carbocycles. The highest BCUT2D eigenvalue weighted by Crippen LogP contribution is 2.42. The third kappa shape index (κ3) is 2.64. The highest BCUT2D eigenvalue weighted by Gasteiger charge is 2.38. The molecule has 1 N–H and O–H groups in total. The first-order valence-corrected chi connectivity index (χ1v) is 6.45. The molecule has 0 spiro atoms. The van der Waals surface area contributed by atoms with Crippen LogP contribution in [0.2, 0.25) is 0 Å².